The van der Waals surface area contributed by atoms with Gasteiger partial charge >= 0.3 is 0 Å². The van der Waals surface area contributed by atoms with Gasteiger partial charge in [0.05, 0.1) is 10.0 Å². The van der Waals surface area contributed by atoms with Gasteiger partial charge in [0.2, 0.25) is 0 Å². The van der Waals surface area contributed by atoms with E-state index < -0.39 is 0 Å². The van der Waals surface area contributed by atoms with Crippen molar-refractivity contribution in [1.82, 2.24) is 9.97 Å². The number of hydrogen-bond acceptors (Lipinski definition) is 4. The molecule has 0 amide bonds. The lowest BCUT2D eigenvalue weighted by atomic mass is 10.2. The average Bonchev–Trinajstić information content (AvgIpc) is 2.34. The molecular formula is C11H8Cl2N4S. The zero-order chi connectivity index (χ0) is 13.1. The van der Waals surface area contributed by atoms with Crippen LogP contribution in [0.25, 0.3) is 0 Å². The van der Waals surface area contributed by atoms with Crippen molar-refractivity contribution in [2.24, 2.45) is 5.73 Å². The predicted molar refractivity (Wildman–Crippen MR) is 73.6 cm³/mol. The fraction of sp³-hybridized carbons (Fsp3) is 0. The number of nitrogens with one attached hydrogen (secondary N) is 1. The van der Waals surface area contributed by atoms with Crippen molar-refractivity contribution < 1.29 is 0 Å². The molecule has 2 heterocycles. The lowest BCUT2D eigenvalue weighted by Gasteiger charge is -2.06. The van der Waals surface area contributed by atoms with Gasteiger partial charge in [0.1, 0.15) is 15.9 Å². The normalized spacial score (nSPS) is 10.3. The molecule has 2 rings (SSSR count). The van der Waals surface area contributed by atoms with Gasteiger partial charge < -0.3 is 5.73 Å². The number of pyridine rings is 2. The summed E-state index contributed by atoms with van der Waals surface area (Å²) in [5.74, 6) is -0.0895. The second-order valence-electron chi connectivity index (χ2n) is 3.31. The van der Waals surface area contributed by atoms with Crippen molar-refractivity contribution in [2.45, 2.75) is 10.1 Å². The molecule has 0 radical (unpaired) electrons. The standard InChI is InChI=1S/C11H8Cl2N4S/c12-6-1-2-8(17-5-6)18-11-9(13)7(10(14)15)3-4-16-11/h1-5H,(H3,14,15). The maximum atomic E-state index is 7.40. The number of rotatable bonds is 3. The zero-order valence-corrected chi connectivity index (χ0v) is 11.4. The van der Waals surface area contributed by atoms with Gasteiger partial charge in [0.15, 0.2) is 0 Å². The molecule has 0 atom stereocenters. The van der Waals surface area contributed by atoms with Gasteiger partial charge in [-0.25, -0.2) is 9.97 Å². The van der Waals surface area contributed by atoms with Crippen LogP contribution in [0.15, 0.2) is 40.6 Å². The van der Waals surface area contributed by atoms with Crippen molar-refractivity contribution in [3.8, 4) is 0 Å². The third kappa shape index (κ3) is 2.93. The van der Waals surface area contributed by atoms with Crippen LogP contribution >= 0.6 is 35.0 Å². The maximum absolute atomic E-state index is 7.40. The van der Waals surface area contributed by atoms with E-state index in [4.69, 9.17) is 34.3 Å². The molecule has 0 aliphatic carbocycles. The minimum atomic E-state index is -0.0895. The number of aromatic nitrogens is 2. The van der Waals surface area contributed by atoms with Gasteiger partial charge in [-0.1, -0.05) is 23.2 Å². The van der Waals surface area contributed by atoms with E-state index in [2.05, 4.69) is 9.97 Å². The zero-order valence-electron chi connectivity index (χ0n) is 9.02. The topological polar surface area (TPSA) is 75.7 Å². The molecule has 2 aromatic rings. The predicted octanol–water partition coefficient (Wildman–Crippen LogP) is 3.22. The Kier molecular flexibility index (Phi) is 4.06. The summed E-state index contributed by atoms with van der Waals surface area (Å²) in [6.45, 7) is 0. The largest absolute Gasteiger partial charge is 0.384 e. The fourth-order valence-electron chi connectivity index (χ4n) is 1.23. The second-order valence-corrected chi connectivity index (χ2v) is 5.13. The van der Waals surface area contributed by atoms with Crippen LogP contribution in [-0.2, 0) is 0 Å². The van der Waals surface area contributed by atoms with Crippen molar-refractivity contribution in [3.63, 3.8) is 0 Å². The molecule has 2 aromatic heterocycles. The van der Waals surface area contributed by atoms with Gasteiger partial charge in [-0.15, -0.1) is 0 Å². The van der Waals surface area contributed by atoms with Crippen LogP contribution in [0.4, 0.5) is 0 Å². The Hall–Kier alpha value is -1.30. The summed E-state index contributed by atoms with van der Waals surface area (Å²) in [4.78, 5) is 8.28. The van der Waals surface area contributed by atoms with Gasteiger partial charge in [0, 0.05) is 18.0 Å². The first-order chi connectivity index (χ1) is 8.58. The minimum absolute atomic E-state index is 0.0895. The molecule has 0 aliphatic heterocycles. The molecule has 0 fully saturated rings. The average molecular weight is 299 g/mol. The molecule has 0 aromatic carbocycles. The number of amidine groups is 1. The summed E-state index contributed by atoms with van der Waals surface area (Å²) in [5, 5.41) is 9.60. The first kappa shape index (κ1) is 13.1. The number of nitrogens with zero attached hydrogens (tertiary/aromatic N) is 2. The Labute approximate surface area is 118 Å². The van der Waals surface area contributed by atoms with E-state index >= 15 is 0 Å². The minimum Gasteiger partial charge on any atom is -0.384 e. The first-order valence-corrected chi connectivity index (χ1v) is 6.43. The van der Waals surface area contributed by atoms with Gasteiger partial charge in [0.25, 0.3) is 0 Å². The highest BCUT2D eigenvalue weighted by Gasteiger charge is 2.11. The molecule has 0 spiro atoms. The number of nitrogen functional groups attached to an aromatic ring is 1. The molecule has 0 saturated heterocycles. The van der Waals surface area contributed by atoms with Crippen LogP contribution in [0.5, 0.6) is 0 Å². The fourth-order valence-corrected chi connectivity index (χ4v) is 2.42. The van der Waals surface area contributed by atoms with Gasteiger partial charge in [-0.3, -0.25) is 5.41 Å². The Morgan fingerprint density at radius 1 is 1.22 bits per heavy atom. The van der Waals surface area contributed by atoms with Gasteiger partial charge in [-0.2, -0.15) is 0 Å². The van der Waals surface area contributed by atoms with Crippen molar-refractivity contribution >= 4 is 40.8 Å². The summed E-state index contributed by atoms with van der Waals surface area (Å²) >= 11 is 13.2. The summed E-state index contributed by atoms with van der Waals surface area (Å²) in [6, 6.07) is 5.11. The van der Waals surface area contributed by atoms with Crippen LogP contribution in [-0.4, -0.2) is 15.8 Å². The maximum Gasteiger partial charge on any atom is 0.124 e. The van der Waals surface area contributed by atoms with E-state index in [0.717, 1.165) is 5.03 Å². The molecule has 3 N–H and O–H groups in total. The second kappa shape index (κ2) is 5.56. The highest BCUT2D eigenvalue weighted by atomic mass is 35.5. The van der Waals surface area contributed by atoms with Crippen LogP contribution in [0.3, 0.4) is 0 Å². The van der Waals surface area contributed by atoms with E-state index in [1.54, 1.807) is 30.6 Å². The number of halogens is 2. The molecule has 4 nitrogen and oxygen atoms in total. The summed E-state index contributed by atoms with van der Waals surface area (Å²) in [5.41, 5.74) is 5.89. The Morgan fingerprint density at radius 2 is 2.00 bits per heavy atom. The molecule has 0 saturated carbocycles. The van der Waals surface area contributed by atoms with Crippen LogP contribution in [0.1, 0.15) is 5.56 Å². The van der Waals surface area contributed by atoms with E-state index in [-0.39, 0.29) is 5.84 Å². The lowest BCUT2D eigenvalue weighted by molar-refractivity contribution is 1.09. The Balaban J connectivity index is 2.32. The SMILES string of the molecule is N=C(N)c1ccnc(Sc2ccc(Cl)cn2)c1Cl. The monoisotopic (exact) mass is 298 g/mol. The van der Waals surface area contributed by atoms with Crippen molar-refractivity contribution in [1.29, 1.82) is 5.41 Å². The molecular weight excluding hydrogens is 291 g/mol. The lowest BCUT2D eigenvalue weighted by Crippen LogP contribution is -2.12. The highest BCUT2D eigenvalue weighted by Crippen LogP contribution is 2.32. The Morgan fingerprint density at radius 3 is 2.61 bits per heavy atom. The number of hydrogen-bond donors (Lipinski definition) is 2. The highest BCUT2D eigenvalue weighted by molar-refractivity contribution is 7.99. The van der Waals surface area contributed by atoms with E-state index in [0.29, 0.717) is 20.6 Å². The first-order valence-electron chi connectivity index (χ1n) is 4.86. The quantitative estimate of drug-likeness (QED) is 0.674. The summed E-state index contributed by atoms with van der Waals surface area (Å²) < 4.78 is 0. The third-order valence-corrected chi connectivity index (χ3v) is 3.72. The molecule has 92 valence electrons. The van der Waals surface area contributed by atoms with E-state index in [1.807, 2.05) is 0 Å². The smallest absolute Gasteiger partial charge is 0.124 e. The summed E-state index contributed by atoms with van der Waals surface area (Å²) in [6.07, 6.45) is 3.10. The van der Waals surface area contributed by atoms with Gasteiger partial charge in [-0.05, 0) is 30.0 Å². The van der Waals surface area contributed by atoms with Crippen molar-refractivity contribution in [3.05, 3.63) is 46.2 Å². The molecule has 0 bridgehead atoms. The third-order valence-electron chi connectivity index (χ3n) is 2.05. The molecule has 0 unspecified atom stereocenters. The summed E-state index contributed by atoms with van der Waals surface area (Å²) in [7, 11) is 0. The number of nitrogens with two attached hydrogens (primary N) is 1. The molecule has 7 heteroatoms. The van der Waals surface area contributed by atoms with Crippen molar-refractivity contribution in [2.75, 3.05) is 0 Å². The van der Waals surface area contributed by atoms with Crippen LogP contribution in [0, 0.1) is 5.41 Å². The van der Waals surface area contributed by atoms with E-state index in [1.165, 1.54) is 11.8 Å². The van der Waals surface area contributed by atoms with Crippen LogP contribution < -0.4 is 5.73 Å². The molecule has 18 heavy (non-hydrogen) atoms. The van der Waals surface area contributed by atoms with E-state index in [9.17, 15) is 0 Å². The Bertz CT molecular complexity index is 586. The molecule has 0 aliphatic rings. The van der Waals surface area contributed by atoms with Crippen LogP contribution in [0.2, 0.25) is 10.0 Å².